The maximum Gasteiger partial charge on any atom is -0.00653 e. The first-order chi connectivity index (χ1) is 18.4. The Hall–Kier alpha value is -1.48. The molecule has 5 unspecified atom stereocenters. The lowest BCUT2D eigenvalue weighted by Crippen LogP contribution is -2.17. The zero-order chi connectivity index (χ0) is 26.5. The van der Waals surface area contributed by atoms with E-state index in [9.17, 15) is 0 Å². The summed E-state index contributed by atoms with van der Waals surface area (Å²) in [5, 5.41) is 0.374. The zero-order valence-electron chi connectivity index (χ0n) is 24.0. The molecule has 38 heavy (non-hydrogen) atoms. The molecule has 0 heterocycles. The predicted octanol–water partition coefficient (Wildman–Crippen LogP) is 11.2. The summed E-state index contributed by atoms with van der Waals surface area (Å²) >= 11 is 0. The first-order valence-corrected chi connectivity index (χ1v) is 17.7. The highest BCUT2D eigenvalue weighted by atomic mass is 31.1. The van der Waals surface area contributed by atoms with Crippen LogP contribution in [-0.2, 0) is 12.3 Å². The van der Waals surface area contributed by atoms with Gasteiger partial charge in [-0.05, 0) is 106 Å². The van der Waals surface area contributed by atoms with Gasteiger partial charge in [-0.1, -0.05) is 121 Å². The largest absolute Gasteiger partial charge is 0.133 e. The van der Waals surface area contributed by atoms with E-state index < -0.39 is 0 Å². The van der Waals surface area contributed by atoms with E-state index >= 15 is 0 Å². The summed E-state index contributed by atoms with van der Waals surface area (Å²) in [4.78, 5) is 0. The average Bonchev–Trinajstić information content (AvgIpc) is 3.07. The molecule has 2 aliphatic carbocycles. The fourth-order valence-electron chi connectivity index (χ4n) is 7.14. The highest BCUT2D eigenvalue weighted by Crippen LogP contribution is 2.55. The molecule has 0 aromatic heterocycles. The lowest BCUT2D eigenvalue weighted by Gasteiger charge is -2.34. The van der Waals surface area contributed by atoms with Crippen molar-refractivity contribution in [1.82, 2.24) is 0 Å². The first-order valence-electron chi connectivity index (χ1n) is 15.1. The van der Waals surface area contributed by atoms with Crippen LogP contribution in [0.1, 0.15) is 83.3 Å². The second kappa shape index (κ2) is 12.8. The van der Waals surface area contributed by atoms with Crippen molar-refractivity contribution in [3.63, 3.8) is 0 Å². The SMILES string of the molecule is CC(C)(C)P(CCC1CCC2CCCC(C2)C1)Cc1cc(-c2ccccc2)c(-c2ccccc2)cc1CP. The standard InChI is InChI=1S/C36H48P2/c1-36(2,3)38(20-19-28-18-17-27-11-10-12-29(21-27)22-28)26-33-24-35(31-15-8-5-9-16-31)34(23-32(33)25-37)30-13-6-4-7-14-30/h4-9,13-16,23-24,27-29H,10-12,17-22,25-26,37H2,1-3H3. The fraction of sp³-hybridized carbons (Fsp3) is 0.500. The van der Waals surface area contributed by atoms with Gasteiger partial charge in [-0.25, -0.2) is 0 Å². The molecule has 5 rings (SSSR count). The summed E-state index contributed by atoms with van der Waals surface area (Å²) in [6, 6.07) is 27.1. The van der Waals surface area contributed by atoms with Gasteiger partial charge in [-0.15, -0.1) is 9.24 Å². The summed E-state index contributed by atoms with van der Waals surface area (Å²) in [6.45, 7) is 7.53. The zero-order valence-corrected chi connectivity index (χ0v) is 26.0. The molecular formula is C36H48P2. The quantitative estimate of drug-likeness (QED) is 0.248. The smallest absolute Gasteiger partial charge is 0.00653 e. The van der Waals surface area contributed by atoms with Crippen LogP contribution in [0, 0.1) is 17.8 Å². The van der Waals surface area contributed by atoms with Gasteiger partial charge in [0.2, 0.25) is 0 Å². The van der Waals surface area contributed by atoms with Crippen molar-refractivity contribution >= 4 is 17.2 Å². The van der Waals surface area contributed by atoms with Crippen molar-refractivity contribution in [2.75, 3.05) is 6.16 Å². The van der Waals surface area contributed by atoms with Crippen LogP contribution in [0.3, 0.4) is 0 Å². The van der Waals surface area contributed by atoms with Crippen molar-refractivity contribution in [3.8, 4) is 22.3 Å². The third-order valence-corrected chi connectivity index (χ3v) is 13.2. The van der Waals surface area contributed by atoms with Crippen molar-refractivity contribution in [2.24, 2.45) is 17.8 Å². The predicted molar refractivity (Wildman–Crippen MR) is 173 cm³/mol. The topological polar surface area (TPSA) is 0 Å². The highest BCUT2D eigenvalue weighted by molar-refractivity contribution is 7.58. The van der Waals surface area contributed by atoms with E-state index in [-0.39, 0.29) is 7.92 Å². The van der Waals surface area contributed by atoms with E-state index in [1.165, 1.54) is 91.5 Å². The second-order valence-electron chi connectivity index (χ2n) is 13.1. The molecule has 3 aromatic carbocycles. The minimum Gasteiger partial charge on any atom is -0.133 e. The molecule has 2 aliphatic rings. The molecule has 0 spiro atoms. The minimum atomic E-state index is -0.102. The lowest BCUT2D eigenvalue weighted by atomic mass is 9.80. The molecule has 0 radical (unpaired) electrons. The van der Waals surface area contributed by atoms with Crippen molar-refractivity contribution in [2.45, 2.75) is 89.6 Å². The first kappa shape index (κ1) is 28.1. The van der Waals surface area contributed by atoms with Crippen molar-refractivity contribution in [3.05, 3.63) is 83.9 Å². The van der Waals surface area contributed by atoms with Crippen molar-refractivity contribution < 1.29 is 0 Å². The summed E-state index contributed by atoms with van der Waals surface area (Å²) in [5.74, 6) is 3.05. The third-order valence-electron chi connectivity index (χ3n) is 9.39. The average molecular weight is 543 g/mol. The van der Waals surface area contributed by atoms with Gasteiger partial charge in [-0.2, -0.15) is 0 Å². The van der Waals surface area contributed by atoms with Crippen LogP contribution in [0.25, 0.3) is 22.3 Å². The van der Waals surface area contributed by atoms with Crippen LogP contribution >= 0.6 is 17.2 Å². The van der Waals surface area contributed by atoms with E-state index in [4.69, 9.17) is 0 Å². The van der Waals surface area contributed by atoms with E-state index in [2.05, 4.69) is 103 Å². The monoisotopic (exact) mass is 542 g/mol. The summed E-state index contributed by atoms with van der Waals surface area (Å²) in [5.41, 5.74) is 8.48. The highest BCUT2D eigenvalue weighted by Gasteiger charge is 2.31. The summed E-state index contributed by atoms with van der Waals surface area (Å²) in [7, 11) is 2.93. The Kier molecular flexibility index (Phi) is 9.45. The Morgan fingerprint density at radius 1 is 0.737 bits per heavy atom. The van der Waals surface area contributed by atoms with E-state index in [0.717, 1.165) is 23.9 Å². The molecule has 0 amide bonds. The molecule has 0 aliphatic heterocycles. The van der Waals surface area contributed by atoms with E-state index in [1.807, 2.05) is 0 Å². The van der Waals surface area contributed by atoms with Gasteiger partial charge < -0.3 is 0 Å². The maximum atomic E-state index is 3.03. The van der Waals surface area contributed by atoms with Crippen LogP contribution in [0.15, 0.2) is 72.8 Å². The third kappa shape index (κ3) is 6.98. The second-order valence-corrected chi connectivity index (χ2v) is 16.7. The molecule has 0 N–H and O–H groups in total. The Morgan fingerprint density at radius 3 is 1.95 bits per heavy atom. The molecule has 3 aromatic rings. The Labute approximate surface area is 236 Å². The Bertz CT molecular complexity index is 1160. The van der Waals surface area contributed by atoms with Crippen molar-refractivity contribution in [1.29, 1.82) is 0 Å². The van der Waals surface area contributed by atoms with Crippen LogP contribution in [0.2, 0.25) is 0 Å². The molecule has 5 atom stereocenters. The Morgan fingerprint density at radius 2 is 1.34 bits per heavy atom. The molecule has 0 saturated heterocycles. The van der Waals surface area contributed by atoms with Gasteiger partial charge in [0, 0.05) is 0 Å². The van der Waals surface area contributed by atoms with Gasteiger partial charge in [0.25, 0.3) is 0 Å². The lowest BCUT2D eigenvalue weighted by molar-refractivity contribution is 0.263. The summed E-state index contributed by atoms with van der Waals surface area (Å²) < 4.78 is 0. The molecule has 2 heteroatoms. The number of fused-ring (bicyclic) bond motifs is 2. The molecule has 2 bridgehead atoms. The number of hydrogen-bond donors (Lipinski definition) is 0. The fourth-order valence-corrected chi connectivity index (χ4v) is 10.2. The van der Waals surface area contributed by atoms with Crippen LogP contribution in [0.4, 0.5) is 0 Å². The molecule has 202 valence electrons. The van der Waals surface area contributed by atoms with E-state index in [1.54, 1.807) is 5.56 Å². The molecular weight excluding hydrogens is 494 g/mol. The van der Waals surface area contributed by atoms with Gasteiger partial charge in [0.05, 0.1) is 0 Å². The van der Waals surface area contributed by atoms with Gasteiger partial charge in [0.15, 0.2) is 0 Å². The normalized spacial score (nSPS) is 22.6. The molecule has 2 saturated carbocycles. The maximum absolute atomic E-state index is 3.03. The van der Waals surface area contributed by atoms with Crippen LogP contribution in [0.5, 0.6) is 0 Å². The van der Waals surface area contributed by atoms with Crippen LogP contribution < -0.4 is 0 Å². The minimum absolute atomic E-state index is 0.102. The number of rotatable bonds is 8. The van der Waals surface area contributed by atoms with E-state index in [0.29, 0.717) is 5.16 Å². The summed E-state index contributed by atoms with van der Waals surface area (Å²) in [6.07, 6.45) is 15.7. The van der Waals surface area contributed by atoms with Gasteiger partial charge in [-0.3, -0.25) is 0 Å². The molecule has 0 nitrogen and oxygen atoms in total. The van der Waals surface area contributed by atoms with Gasteiger partial charge >= 0.3 is 0 Å². The number of hydrogen-bond acceptors (Lipinski definition) is 0. The van der Waals surface area contributed by atoms with Gasteiger partial charge in [0.1, 0.15) is 0 Å². The molecule has 2 fully saturated rings. The van der Waals surface area contributed by atoms with Crippen LogP contribution in [-0.4, -0.2) is 11.3 Å². The Balaban J connectivity index is 1.42. The number of benzene rings is 3.